The monoisotopic (exact) mass is 224 g/mol. The van der Waals surface area contributed by atoms with Crippen molar-refractivity contribution in [2.75, 3.05) is 0 Å². The van der Waals surface area contributed by atoms with Crippen LogP contribution in [0.15, 0.2) is 55.1 Å². The predicted molar refractivity (Wildman–Crippen MR) is 72.0 cm³/mol. The second-order valence-electron chi connectivity index (χ2n) is 4.20. The van der Waals surface area contributed by atoms with Crippen LogP contribution in [0.4, 0.5) is 0 Å². The van der Waals surface area contributed by atoms with Crippen molar-refractivity contribution < 1.29 is 4.74 Å². The molecule has 0 bridgehead atoms. The van der Waals surface area contributed by atoms with E-state index in [2.05, 4.69) is 32.6 Å². The van der Waals surface area contributed by atoms with Gasteiger partial charge in [0.2, 0.25) is 0 Å². The van der Waals surface area contributed by atoms with Crippen molar-refractivity contribution in [2.24, 2.45) is 0 Å². The quantitative estimate of drug-likeness (QED) is 0.704. The fourth-order valence-corrected chi connectivity index (χ4v) is 1.55. The molecule has 1 heteroatoms. The second kappa shape index (κ2) is 4.88. The third-order valence-electron chi connectivity index (χ3n) is 2.64. The van der Waals surface area contributed by atoms with Crippen LogP contribution in [0.25, 0.3) is 5.76 Å². The molecule has 0 aliphatic carbocycles. The van der Waals surface area contributed by atoms with Crippen molar-refractivity contribution in [2.45, 2.75) is 13.8 Å². The molecule has 0 aliphatic heterocycles. The molecule has 17 heavy (non-hydrogen) atoms. The lowest BCUT2D eigenvalue weighted by atomic mass is 10.1. The Morgan fingerprint density at radius 3 is 1.82 bits per heavy atom. The van der Waals surface area contributed by atoms with Gasteiger partial charge in [-0.3, -0.25) is 0 Å². The summed E-state index contributed by atoms with van der Waals surface area (Å²) in [5.41, 5.74) is 3.46. The first-order chi connectivity index (χ1) is 8.15. The number of rotatable bonds is 3. The van der Waals surface area contributed by atoms with Gasteiger partial charge >= 0.3 is 0 Å². The molecule has 86 valence electrons. The van der Waals surface area contributed by atoms with E-state index >= 15 is 0 Å². The Labute approximate surface area is 102 Å². The Balaban J connectivity index is 2.11. The summed E-state index contributed by atoms with van der Waals surface area (Å²) in [4.78, 5) is 0. The zero-order valence-electron chi connectivity index (χ0n) is 10.2. The van der Waals surface area contributed by atoms with Crippen LogP contribution in [0.5, 0.6) is 5.75 Å². The molecule has 0 aliphatic rings. The summed E-state index contributed by atoms with van der Waals surface area (Å²) in [7, 11) is 0. The van der Waals surface area contributed by atoms with Crippen LogP contribution < -0.4 is 4.74 Å². The zero-order chi connectivity index (χ0) is 12.3. The smallest absolute Gasteiger partial charge is 0.127 e. The van der Waals surface area contributed by atoms with Crippen LogP contribution in [-0.4, -0.2) is 0 Å². The van der Waals surface area contributed by atoms with Crippen LogP contribution in [0.1, 0.15) is 16.7 Å². The highest BCUT2D eigenvalue weighted by Crippen LogP contribution is 2.20. The topological polar surface area (TPSA) is 9.23 Å². The molecule has 0 aromatic heterocycles. The maximum atomic E-state index is 5.70. The first-order valence-electron chi connectivity index (χ1n) is 5.65. The van der Waals surface area contributed by atoms with Crippen LogP contribution >= 0.6 is 0 Å². The van der Waals surface area contributed by atoms with E-state index in [1.54, 1.807) is 0 Å². The van der Waals surface area contributed by atoms with E-state index in [1.165, 1.54) is 11.1 Å². The SMILES string of the molecule is C=C(Oc1ccc(C)cc1)c1ccc(C)cc1. The van der Waals surface area contributed by atoms with Gasteiger partial charge in [-0.1, -0.05) is 54.1 Å². The Hall–Kier alpha value is -2.02. The van der Waals surface area contributed by atoms with Gasteiger partial charge in [0, 0.05) is 5.56 Å². The van der Waals surface area contributed by atoms with Crippen molar-refractivity contribution in [3.63, 3.8) is 0 Å². The Morgan fingerprint density at radius 1 is 0.824 bits per heavy atom. The molecule has 0 saturated carbocycles. The summed E-state index contributed by atoms with van der Waals surface area (Å²) in [5, 5.41) is 0. The van der Waals surface area contributed by atoms with Crippen LogP contribution in [-0.2, 0) is 0 Å². The van der Waals surface area contributed by atoms with E-state index in [4.69, 9.17) is 4.74 Å². The molecule has 0 fully saturated rings. The van der Waals surface area contributed by atoms with Crippen molar-refractivity contribution in [1.82, 2.24) is 0 Å². The normalized spacial score (nSPS) is 10.0. The second-order valence-corrected chi connectivity index (χ2v) is 4.20. The lowest BCUT2D eigenvalue weighted by molar-refractivity contribution is 0.516. The predicted octanol–water partition coefficient (Wildman–Crippen LogP) is 4.35. The summed E-state index contributed by atoms with van der Waals surface area (Å²) in [6.45, 7) is 8.07. The third kappa shape index (κ3) is 2.97. The van der Waals surface area contributed by atoms with E-state index in [-0.39, 0.29) is 0 Å². The average molecular weight is 224 g/mol. The Bertz CT molecular complexity index is 506. The highest BCUT2D eigenvalue weighted by Gasteiger charge is 2.01. The highest BCUT2D eigenvalue weighted by atomic mass is 16.5. The van der Waals surface area contributed by atoms with Gasteiger partial charge in [0.15, 0.2) is 0 Å². The maximum Gasteiger partial charge on any atom is 0.127 e. The molecule has 2 aromatic rings. The highest BCUT2D eigenvalue weighted by molar-refractivity contribution is 5.60. The van der Waals surface area contributed by atoms with Crippen molar-refractivity contribution in [1.29, 1.82) is 0 Å². The molecular formula is C16H16O. The molecule has 1 nitrogen and oxygen atoms in total. The lowest BCUT2D eigenvalue weighted by Crippen LogP contribution is -1.93. The first-order valence-corrected chi connectivity index (χ1v) is 5.65. The van der Waals surface area contributed by atoms with Gasteiger partial charge in [-0.05, 0) is 26.0 Å². The number of ether oxygens (including phenoxy) is 1. The Morgan fingerprint density at radius 2 is 1.29 bits per heavy atom. The number of hydrogen-bond acceptors (Lipinski definition) is 1. The third-order valence-corrected chi connectivity index (χ3v) is 2.64. The summed E-state index contributed by atoms with van der Waals surface area (Å²) in [6.07, 6.45) is 0. The molecule has 0 atom stereocenters. The molecular weight excluding hydrogens is 208 g/mol. The molecule has 0 spiro atoms. The first kappa shape index (κ1) is 11.5. The standard InChI is InChI=1S/C16H16O/c1-12-4-8-15(9-5-12)14(3)17-16-10-6-13(2)7-11-16/h4-11H,3H2,1-2H3. The minimum Gasteiger partial charge on any atom is -0.457 e. The van der Waals surface area contributed by atoms with Gasteiger partial charge in [-0.25, -0.2) is 0 Å². The number of benzene rings is 2. The fourth-order valence-electron chi connectivity index (χ4n) is 1.55. The summed E-state index contributed by atoms with van der Waals surface area (Å²) in [5.74, 6) is 1.50. The van der Waals surface area contributed by atoms with E-state index in [9.17, 15) is 0 Å². The minimum absolute atomic E-state index is 0.675. The Kier molecular flexibility index (Phi) is 3.29. The van der Waals surface area contributed by atoms with Gasteiger partial charge in [-0.2, -0.15) is 0 Å². The average Bonchev–Trinajstić information content (AvgIpc) is 2.33. The lowest BCUT2D eigenvalue weighted by Gasteiger charge is -2.09. The van der Waals surface area contributed by atoms with Crippen LogP contribution in [0.3, 0.4) is 0 Å². The zero-order valence-corrected chi connectivity index (χ0v) is 10.2. The molecule has 0 saturated heterocycles. The molecule has 0 unspecified atom stereocenters. The summed E-state index contributed by atoms with van der Waals surface area (Å²) < 4.78 is 5.70. The molecule has 0 radical (unpaired) electrons. The van der Waals surface area contributed by atoms with Crippen molar-refractivity contribution in [3.8, 4) is 5.75 Å². The van der Waals surface area contributed by atoms with Gasteiger partial charge in [-0.15, -0.1) is 0 Å². The molecule has 0 N–H and O–H groups in total. The minimum atomic E-state index is 0.675. The van der Waals surface area contributed by atoms with Gasteiger partial charge in [0.25, 0.3) is 0 Å². The van der Waals surface area contributed by atoms with Crippen LogP contribution in [0.2, 0.25) is 0 Å². The largest absolute Gasteiger partial charge is 0.457 e. The van der Waals surface area contributed by atoms with Crippen LogP contribution in [0, 0.1) is 13.8 Å². The number of hydrogen-bond donors (Lipinski definition) is 0. The van der Waals surface area contributed by atoms with Gasteiger partial charge in [0.05, 0.1) is 0 Å². The van der Waals surface area contributed by atoms with Gasteiger partial charge < -0.3 is 4.74 Å². The van der Waals surface area contributed by atoms with E-state index in [0.29, 0.717) is 5.76 Å². The fraction of sp³-hybridized carbons (Fsp3) is 0.125. The summed E-state index contributed by atoms with van der Waals surface area (Å²) >= 11 is 0. The molecule has 0 amide bonds. The molecule has 2 rings (SSSR count). The molecule has 2 aromatic carbocycles. The van der Waals surface area contributed by atoms with Crippen molar-refractivity contribution >= 4 is 5.76 Å². The maximum absolute atomic E-state index is 5.70. The van der Waals surface area contributed by atoms with E-state index in [0.717, 1.165) is 11.3 Å². The summed E-state index contributed by atoms with van der Waals surface area (Å²) in [6, 6.07) is 16.1. The number of aryl methyl sites for hydroxylation is 2. The van der Waals surface area contributed by atoms with Crippen molar-refractivity contribution in [3.05, 3.63) is 71.8 Å². The molecule has 0 heterocycles. The van der Waals surface area contributed by atoms with Gasteiger partial charge in [0.1, 0.15) is 11.5 Å². The van der Waals surface area contributed by atoms with E-state index in [1.807, 2.05) is 36.4 Å². The van der Waals surface area contributed by atoms with E-state index < -0.39 is 0 Å².